The van der Waals surface area contributed by atoms with Crippen molar-refractivity contribution in [1.29, 1.82) is 0 Å². The molecule has 0 aliphatic heterocycles. The van der Waals surface area contributed by atoms with Crippen LogP contribution in [0.25, 0.3) is 0 Å². The van der Waals surface area contributed by atoms with Gasteiger partial charge in [-0.25, -0.2) is 4.98 Å². The van der Waals surface area contributed by atoms with E-state index in [1.54, 1.807) is 19.4 Å². The lowest BCUT2D eigenvalue weighted by Gasteiger charge is -2.23. The Labute approximate surface area is 166 Å². The molecule has 0 bridgehead atoms. The van der Waals surface area contributed by atoms with Gasteiger partial charge in [-0.05, 0) is 36.6 Å². The first-order valence-electron chi connectivity index (χ1n) is 8.88. The van der Waals surface area contributed by atoms with Crippen LogP contribution in [-0.2, 0) is 13.2 Å². The first-order valence-corrected chi connectivity index (χ1v) is 9.26. The van der Waals surface area contributed by atoms with Crippen LogP contribution < -0.4 is 14.8 Å². The zero-order valence-corrected chi connectivity index (χ0v) is 16.6. The third-order valence-corrected chi connectivity index (χ3v) is 4.83. The number of ether oxygens (including phenoxy) is 2. The van der Waals surface area contributed by atoms with Crippen LogP contribution in [0.15, 0.2) is 36.5 Å². The first kappa shape index (κ1) is 20.8. The molecule has 1 fully saturated rings. The van der Waals surface area contributed by atoms with E-state index in [1.807, 2.05) is 18.2 Å². The molecule has 0 unspecified atom stereocenters. The summed E-state index contributed by atoms with van der Waals surface area (Å²) < 4.78 is 11.4. The fraction of sp³-hybridized carbons (Fsp3) is 0.450. The minimum Gasteiger partial charge on any atom is -0.493 e. The van der Waals surface area contributed by atoms with E-state index in [9.17, 15) is 0 Å². The van der Waals surface area contributed by atoms with Crippen molar-refractivity contribution < 1.29 is 9.47 Å². The van der Waals surface area contributed by atoms with Crippen molar-refractivity contribution in [1.82, 2.24) is 10.3 Å². The smallest absolute Gasteiger partial charge is 0.161 e. The van der Waals surface area contributed by atoms with Gasteiger partial charge in [-0.1, -0.05) is 43.0 Å². The van der Waals surface area contributed by atoms with Crippen molar-refractivity contribution in [3.63, 3.8) is 0 Å². The minimum absolute atomic E-state index is 0. The van der Waals surface area contributed by atoms with Gasteiger partial charge in [0.05, 0.1) is 7.11 Å². The van der Waals surface area contributed by atoms with E-state index in [1.165, 1.54) is 37.7 Å². The minimum atomic E-state index is 0. The second-order valence-corrected chi connectivity index (χ2v) is 6.87. The Morgan fingerprint density at radius 1 is 1.08 bits per heavy atom. The lowest BCUT2D eigenvalue weighted by Crippen LogP contribution is -2.30. The van der Waals surface area contributed by atoms with E-state index in [-0.39, 0.29) is 12.4 Å². The number of nitrogens with one attached hydrogen (secondary N) is 1. The summed E-state index contributed by atoms with van der Waals surface area (Å²) in [5, 5.41) is 4.14. The van der Waals surface area contributed by atoms with E-state index in [2.05, 4.69) is 16.4 Å². The molecule has 26 heavy (non-hydrogen) atoms. The van der Waals surface area contributed by atoms with E-state index in [4.69, 9.17) is 21.1 Å². The Balaban J connectivity index is 0.00000243. The van der Waals surface area contributed by atoms with Crippen molar-refractivity contribution in [2.45, 2.75) is 51.3 Å². The standard InChI is InChI=1S/C20H25ClN2O2.ClH/c1-24-19-11-15(12-22-17-5-3-2-4-6-17)7-9-18(19)25-14-16-8-10-20(21)23-13-16;/h7-11,13,17,22H,2-6,12,14H2,1H3;1H. The molecule has 1 aliphatic carbocycles. The first-order chi connectivity index (χ1) is 12.2. The molecule has 0 amide bonds. The molecule has 1 heterocycles. The summed E-state index contributed by atoms with van der Waals surface area (Å²) >= 11 is 5.80. The van der Waals surface area contributed by atoms with Crippen molar-refractivity contribution >= 4 is 24.0 Å². The molecular weight excluding hydrogens is 371 g/mol. The molecule has 0 radical (unpaired) electrons. The van der Waals surface area contributed by atoms with Crippen LogP contribution in [0.4, 0.5) is 0 Å². The fourth-order valence-corrected chi connectivity index (χ4v) is 3.27. The lowest BCUT2D eigenvalue weighted by atomic mass is 9.95. The molecule has 1 aliphatic rings. The molecule has 1 aromatic carbocycles. The van der Waals surface area contributed by atoms with Gasteiger partial charge >= 0.3 is 0 Å². The van der Waals surface area contributed by atoms with E-state index < -0.39 is 0 Å². The van der Waals surface area contributed by atoms with Crippen LogP contribution >= 0.6 is 24.0 Å². The van der Waals surface area contributed by atoms with Crippen molar-refractivity contribution in [3.8, 4) is 11.5 Å². The summed E-state index contributed by atoms with van der Waals surface area (Å²) in [6.07, 6.45) is 8.35. The Kier molecular flexibility index (Phi) is 8.49. The predicted molar refractivity (Wildman–Crippen MR) is 108 cm³/mol. The van der Waals surface area contributed by atoms with E-state index in [0.29, 0.717) is 17.8 Å². The molecule has 142 valence electrons. The Hall–Kier alpha value is -1.49. The maximum Gasteiger partial charge on any atom is 0.161 e. The number of halogens is 2. The number of pyridine rings is 1. The number of rotatable bonds is 7. The zero-order chi connectivity index (χ0) is 17.5. The van der Waals surface area contributed by atoms with Crippen LogP contribution in [0.2, 0.25) is 5.15 Å². The summed E-state index contributed by atoms with van der Waals surface area (Å²) in [5.41, 5.74) is 2.18. The van der Waals surface area contributed by atoms with Gasteiger partial charge < -0.3 is 14.8 Å². The Bertz CT molecular complexity index is 674. The molecule has 1 saturated carbocycles. The number of methoxy groups -OCH3 is 1. The maximum atomic E-state index is 5.87. The van der Waals surface area contributed by atoms with Gasteiger partial charge in [-0.15, -0.1) is 12.4 Å². The number of hydrogen-bond donors (Lipinski definition) is 1. The van der Waals surface area contributed by atoms with Crippen molar-refractivity contribution in [2.24, 2.45) is 0 Å². The third kappa shape index (κ3) is 6.04. The summed E-state index contributed by atoms with van der Waals surface area (Å²) in [6.45, 7) is 1.29. The zero-order valence-electron chi connectivity index (χ0n) is 15.0. The molecule has 0 atom stereocenters. The van der Waals surface area contributed by atoms with Crippen molar-refractivity contribution in [3.05, 3.63) is 52.8 Å². The fourth-order valence-electron chi connectivity index (χ4n) is 3.16. The second-order valence-electron chi connectivity index (χ2n) is 6.48. The normalized spacial score (nSPS) is 14.5. The maximum absolute atomic E-state index is 5.87. The van der Waals surface area contributed by atoms with Gasteiger partial charge in [0, 0.05) is 24.3 Å². The molecule has 1 aromatic heterocycles. The van der Waals surface area contributed by atoms with Crippen LogP contribution in [0.5, 0.6) is 11.5 Å². The van der Waals surface area contributed by atoms with Gasteiger partial charge in [0.1, 0.15) is 11.8 Å². The largest absolute Gasteiger partial charge is 0.493 e. The molecule has 6 heteroatoms. The molecule has 2 aromatic rings. The highest BCUT2D eigenvalue weighted by molar-refractivity contribution is 6.29. The Morgan fingerprint density at radius 2 is 1.85 bits per heavy atom. The van der Waals surface area contributed by atoms with E-state index >= 15 is 0 Å². The van der Waals surface area contributed by atoms with Gasteiger partial charge in [-0.3, -0.25) is 0 Å². The highest BCUT2D eigenvalue weighted by Crippen LogP contribution is 2.29. The van der Waals surface area contributed by atoms with E-state index in [0.717, 1.165) is 23.6 Å². The molecule has 3 rings (SSSR count). The van der Waals surface area contributed by atoms with Gasteiger partial charge in [0.15, 0.2) is 11.5 Å². The summed E-state index contributed by atoms with van der Waals surface area (Å²) in [5.74, 6) is 1.49. The summed E-state index contributed by atoms with van der Waals surface area (Å²) in [7, 11) is 1.67. The monoisotopic (exact) mass is 396 g/mol. The topological polar surface area (TPSA) is 43.4 Å². The molecule has 1 N–H and O–H groups in total. The van der Waals surface area contributed by atoms with Gasteiger partial charge in [0.2, 0.25) is 0 Å². The number of hydrogen-bond acceptors (Lipinski definition) is 4. The SMILES string of the molecule is COc1cc(CNC2CCCCC2)ccc1OCc1ccc(Cl)nc1.Cl. The molecule has 4 nitrogen and oxygen atoms in total. The number of nitrogens with zero attached hydrogens (tertiary/aromatic N) is 1. The van der Waals surface area contributed by atoms with Crippen LogP contribution in [0.3, 0.4) is 0 Å². The third-order valence-electron chi connectivity index (χ3n) is 4.61. The van der Waals surface area contributed by atoms with Gasteiger partial charge in [0.25, 0.3) is 0 Å². The average molecular weight is 397 g/mol. The summed E-state index contributed by atoms with van der Waals surface area (Å²) in [4.78, 5) is 4.06. The lowest BCUT2D eigenvalue weighted by molar-refractivity contribution is 0.284. The molecule has 0 spiro atoms. The predicted octanol–water partition coefficient (Wildman–Crippen LogP) is 5.17. The van der Waals surface area contributed by atoms with Crippen LogP contribution in [0, 0.1) is 0 Å². The summed E-state index contributed by atoms with van der Waals surface area (Å²) in [6, 6.07) is 10.4. The number of aromatic nitrogens is 1. The number of benzene rings is 1. The van der Waals surface area contributed by atoms with Crippen LogP contribution in [-0.4, -0.2) is 18.1 Å². The average Bonchev–Trinajstić information content (AvgIpc) is 2.67. The molecule has 0 saturated heterocycles. The Morgan fingerprint density at radius 3 is 2.54 bits per heavy atom. The van der Waals surface area contributed by atoms with Gasteiger partial charge in [-0.2, -0.15) is 0 Å². The highest BCUT2D eigenvalue weighted by Gasteiger charge is 2.13. The molecular formula is C20H26Cl2N2O2. The quantitative estimate of drug-likeness (QED) is 0.655. The second kappa shape index (κ2) is 10.6. The van der Waals surface area contributed by atoms with Crippen LogP contribution in [0.1, 0.15) is 43.2 Å². The van der Waals surface area contributed by atoms with Crippen molar-refractivity contribution in [2.75, 3.05) is 7.11 Å². The highest BCUT2D eigenvalue weighted by atomic mass is 35.5.